The van der Waals surface area contributed by atoms with Crippen LogP contribution in [-0.2, 0) is 0 Å². The highest BCUT2D eigenvalue weighted by Gasteiger charge is 2.20. The van der Waals surface area contributed by atoms with Crippen LogP contribution in [0.2, 0.25) is 5.02 Å². The number of nitrogens with zero attached hydrogens (tertiary/aromatic N) is 1. The highest BCUT2D eigenvalue weighted by atomic mass is 35.5. The van der Waals surface area contributed by atoms with Gasteiger partial charge in [-0.1, -0.05) is 36.7 Å². The molecule has 0 aliphatic rings. The molecule has 2 amide bonds. The molecule has 6 nitrogen and oxygen atoms in total. The number of oxime groups is 1. The quantitative estimate of drug-likeness (QED) is 0.297. The molecule has 0 bridgehead atoms. The van der Waals surface area contributed by atoms with Crippen LogP contribution in [0.15, 0.2) is 23.4 Å². The van der Waals surface area contributed by atoms with E-state index in [1.165, 1.54) is 0 Å². The number of nitrogens with one attached hydrogen (secondary N) is 2. The number of carbonyl (C=O) groups is 1. The van der Waals surface area contributed by atoms with E-state index in [4.69, 9.17) is 22.5 Å². The fraction of sp³-hybridized carbons (Fsp3) is 0.385. The fourth-order valence-corrected chi connectivity index (χ4v) is 1.80. The second-order valence-electron chi connectivity index (χ2n) is 4.81. The molecule has 20 heavy (non-hydrogen) atoms. The molecule has 0 heterocycles. The van der Waals surface area contributed by atoms with Crippen LogP contribution >= 0.6 is 11.6 Å². The number of rotatable bonds is 4. The number of aryl methyl sites for hydroxylation is 1. The van der Waals surface area contributed by atoms with E-state index in [-0.39, 0.29) is 11.8 Å². The summed E-state index contributed by atoms with van der Waals surface area (Å²) in [6.07, 6.45) is 0. The monoisotopic (exact) mass is 298 g/mol. The summed E-state index contributed by atoms with van der Waals surface area (Å²) in [5, 5.41) is 17.5. The number of nitrogens with two attached hydrogens (primary N) is 1. The Kier molecular flexibility index (Phi) is 5.64. The van der Waals surface area contributed by atoms with Crippen molar-refractivity contribution in [3.05, 3.63) is 28.8 Å². The van der Waals surface area contributed by atoms with Gasteiger partial charge in [0.25, 0.3) is 0 Å². The van der Waals surface area contributed by atoms with Gasteiger partial charge in [-0.2, -0.15) is 0 Å². The Balaban J connectivity index is 2.73. The van der Waals surface area contributed by atoms with Gasteiger partial charge in [0.05, 0.1) is 6.04 Å². The molecule has 0 spiro atoms. The zero-order valence-corrected chi connectivity index (χ0v) is 12.4. The summed E-state index contributed by atoms with van der Waals surface area (Å²) in [7, 11) is 0. The second kappa shape index (κ2) is 7.00. The van der Waals surface area contributed by atoms with Crippen molar-refractivity contribution in [2.24, 2.45) is 16.8 Å². The molecule has 0 saturated heterocycles. The van der Waals surface area contributed by atoms with E-state index >= 15 is 0 Å². The second-order valence-corrected chi connectivity index (χ2v) is 5.22. The standard InChI is InChI=1S/C13H19ClN4O2/c1-7(2)11(12(15)18-20)17-13(19)16-9-5-4-8(3)10(14)6-9/h4-7,11,20H,1-3H3,(H2,15,18)(H2,16,17,19). The molecule has 0 saturated carbocycles. The Bertz CT molecular complexity index is 517. The Morgan fingerprint density at radius 2 is 2.10 bits per heavy atom. The highest BCUT2D eigenvalue weighted by Crippen LogP contribution is 2.19. The van der Waals surface area contributed by atoms with E-state index < -0.39 is 12.1 Å². The molecule has 5 N–H and O–H groups in total. The van der Waals surface area contributed by atoms with Crippen LogP contribution in [0.3, 0.4) is 0 Å². The zero-order valence-electron chi connectivity index (χ0n) is 11.6. The normalized spacial score (nSPS) is 13.2. The molecule has 0 fully saturated rings. The summed E-state index contributed by atoms with van der Waals surface area (Å²) in [6.45, 7) is 5.58. The minimum Gasteiger partial charge on any atom is -0.409 e. The molecule has 1 rings (SSSR count). The number of hydrogen-bond donors (Lipinski definition) is 4. The van der Waals surface area contributed by atoms with Crippen molar-refractivity contribution < 1.29 is 10.0 Å². The topological polar surface area (TPSA) is 99.7 Å². The Morgan fingerprint density at radius 1 is 1.45 bits per heavy atom. The lowest BCUT2D eigenvalue weighted by Crippen LogP contribution is -2.49. The molecule has 0 aliphatic heterocycles. The third-order valence-corrected chi connectivity index (χ3v) is 3.22. The number of amidine groups is 1. The Hall–Kier alpha value is -1.95. The zero-order chi connectivity index (χ0) is 15.3. The molecular weight excluding hydrogens is 280 g/mol. The summed E-state index contributed by atoms with van der Waals surface area (Å²) >= 11 is 5.98. The first-order valence-electron chi connectivity index (χ1n) is 6.16. The van der Waals surface area contributed by atoms with E-state index in [1.54, 1.807) is 18.2 Å². The summed E-state index contributed by atoms with van der Waals surface area (Å²) in [5.74, 6) is -0.0599. The maximum Gasteiger partial charge on any atom is 0.319 e. The van der Waals surface area contributed by atoms with E-state index in [0.717, 1.165) is 5.56 Å². The van der Waals surface area contributed by atoms with Gasteiger partial charge in [0.1, 0.15) is 0 Å². The van der Waals surface area contributed by atoms with Gasteiger partial charge in [0, 0.05) is 10.7 Å². The first-order chi connectivity index (χ1) is 9.35. The summed E-state index contributed by atoms with van der Waals surface area (Å²) in [4.78, 5) is 11.9. The number of carbonyl (C=O) groups excluding carboxylic acids is 1. The third kappa shape index (κ3) is 4.31. The SMILES string of the molecule is Cc1ccc(NC(=O)NC(C(N)=NO)C(C)C)cc1Cl. The summed E-state index contributed by atoms with van der Waals surface area (Å²) in [6, 6.07) is 4.21. The number of amides is 2. The minimum atomic E-state index is -0.555. The average Bonchev–Trinajstić information content (AvgIpc) is 2.39. The van der Waals surface area contributed by atoms with Crippen LogP contribution in [0.5, 0.6) is 0 Å². The first kappa shape index (κ1) is 16.1. The number of halogens is 1. The summed E-state index contributed by atoms with van der Waals surface area (Å²) < 4.78 is 0. The Labute approximate surface area is 123 Å². The molecule has 1 atom stereocenters. The Morgan fingerprint density at radius 3 is 2.60 bits per heavy atom. The lowest BCUT2D eigenvalue weighted by Gasteiger charge is -2.21. The van der Waals surface area contributed by atoms with Gasteiger partial charge in [-0.15, -0.1) is 0 Å². The van der Waals surface area contributed by atoms with Crippen molar-refractivity contribution in [3.63, 3.8) is 0 Å². The fourth-order valence-electron chi connectivity index (χ4n) is 1.62. The number of anilines is 1. The maximum absolute atomic E-state index is 11.9. The predicted molar refractivity (Wildman–Crippen MR) is 80.4 cm³/mol. The van der Waals surface area contributed by atoms with Crippen molar-refractivity contribution >= 4 is 29.2 Å². The van der Waals surface area contributed by atoms with Crippen LogP contribution < -0.4 is 16.4 Å². The lowest BCUT2D eigenvalue weighted by molar-refractivity contribution is 0.248. The predicted octanol–water partition coefficient (Wildman–Crippen LogP) is 2.54. The van der Waals surface area contributed by atoms with Gasteiger partial charge in [-0.25, -0.2) is 4.79 Å². The molecule has 110 valence electrons. The smallest absolute Gasteiger partial charge is 0.319 e. The first-order valence-corrected chi connectivity index (χ1v) is 6.54. The molecule has 1 aromatic carbocycles. The van der Waals surface area contributed by atoms with Crippen molar-refractivity contribution in [3.8, 4) is 0 Å². The number of benzene rings is 1. The van der Waals surface area contributed by atoms with Gasteiger partial charge < -0.3 is 21.6 Å². The molecule has 1 aromatic rings. The van der Waals surface area contributed by atoms with Gasteiger partial charge in [0.2, 0.25) is 0 Å². The van der Waals surface area contributed by atoms with Crippen LogP contribution in [0.4, 0.5) is 10.5 Å². The molecule has 0 radical (unpaired) electrons. The maximum atomic E-state index is 11.9. The van der Waals surface area contributed by atoms with Gasteiger partial charge >= 0.3 is 6.03 Å². The van der Waals surface area contributed by atoms with Crippen LogP contribution in [0.1, 0.15) is 19.4 Å². The third-order valence-electron chi connectivity index (χ3n) is 2.82. The largest absolute Gasteiger partial charge is 0.409 e. The van der Waals surface area contributed by atoms with Crippen LogP contribution in [0, 0.1) is 12.8 Å². The van der Waals surface area contributed by atoms with E-state index in [0.29, 0.717) is 10.7 Å². The summed E-state index contributed by atoms with van der Waals surface area (Å²) in [5.41, 5.74) is 7.04. The van der Waals surface area contributed by atoms with Crippen molar-refractivity contribution in [2.45, 2.75) is 26.8 Å². The molecule has 0 aromatic heterocycles. The number of urea groups is 1. The number of hydrogen-bond acceptors (Lipinski definition) is 3. The highest BCUT2D eigenvalue weighted by molar-refractivity contribution is 6.31. The van der Waals surface area contributed by atoms with E-state index in [1.807, 2.05) is 20.8 Å². The lowest BCUT2D eigenvalue weighted by atomic mass is 10.0. The van der Waals surface area contributed by atoms with Crippen molar-refractivity contribution in [1.29, 1.82) is 0 Å². The van der Waals surface area contributed by atoms with E-state index in [2.05, 4.69) is 15.8 Å². The average molecular weight is 299 g/mol. The molecule has 7 heteroatoms. The molecule has 1 unspecified atom stereocenters. The van der Waals surface area contributed by atoms with E-state index in [9.17, 15) is 4.79 Å². The molecular formula is C13H19ClN4O2. The van der Waals surface area contributed by atoms with Crippen LogP contribution in [0.25, 0.3) is 0 Å². The van der Waals surface area contributed by atoms with Gasteiger partial charge in [-0.05, 0) is 30.5 Å². The van der Waals surface area contributed by atoms with Gasteiger partial charge in [0.15, 0.2) is 5.84 Å². The minimum absolute atomic E-state index is 0.0155. The van der Waals surface area contributed by atoms with Crippen molar-refractivity contribution in [1.82, 2.24) is 5.32 Å². The van der Waals surface area contributed by atoms with Crippen molar-refractivity contribution in [2.75, 3.05) is 5.32 Å². The van der Waals surface area contributed by atoms with Gasteiger partial charge in [-0.3, -0.25) is 0 Å². The van der Waals surface area contributed by atoms with Crippen LogP contribution in [-0.4, -0.2) is 23.1 Å². The molecule has 0 aliphatic carbocycles.